The lowest BCUT2D eigenvalue weighted by Gasteiger charge is -2.08. The molecule has 0 atom stereocenters. The molecule has 2 nitrogen and oxygen atoms in total. The van der Waals surface area contributed by atoms with E-state index in [9.17, 15) is 13.2 Å². The highest BCUT2D eigenvalue weighted by atomic mass is 19.2. The highest BCUT2D eigenvalue weighted by Gasteiger charge is 2.17. The first-order chi connectivity index (χ1) is 8.54. The second-order valence-electron chi connectivity index (χ2n) is 3.68. The summed E-state index contributed by atoms with van der Waals surface area (Å²) in [6.07, 6.45) is 0. The molecule has 0 aliphatic heterocycles. The lowest BCUT2D eigenvalue weighted by molar-refractivity contribution is 0.415. The van der Waals surface area contributed by atoms with Crippen molar-refractivity contribution in [3.8, 4) is 16.9 Å². The van der Waals surface area contributed by atoms with Crippen molar-refractivity contribution in [2.75, 3.05) is 12.8 Å². The molecule has 5 heteroatoms. The van der Waals surface area contributed by atoms with Crippen LogP contribution in [0.3, 0.4) is 0 Å². The predicted molar refractivity (Wildman–Crippen MR) is 62.7 cm³/mol. The van der Waals surface area contributed by atoms with Crippen LogP contribution in [0.15, 0.2) is 30.3 Å². The minimum Gasteiger partial charge on any atom is -0.497 e. The minimum atomic E-state index is -1.38. The molecule has 0 saturated heterocycles. The molecule has 0 aromatic heterocycles. The quantitative estimate of drug-likeness (QED) is 0.658. The Balaban J connectivity index is 2.63. The van der Waals surface area contributed by atoms with Crippen LogP contribution in [0.2, 0.25) is 0 Å². The van der Waals surface area contributed by atoms with Crippen LogP contribution in [-0.2, 0) is 0 Å². The summed E-state index contributed by atoms with van der Waals surface area (Å²) in [6, 6.07) is 7.11. The summed E-state index contributed by atoms with van der Waals surface area (Å²) in [5, 5.41) is 0. The number of nitrogens with two attached hydrogens (primary N) is 1. The summed E-state index contributed by atoms with van der Waals surface area (Å²) < 4.78 is 45.3. The first-order valence-corrected chi connectivity index (χ1v) is 5.12. The van der Waals surface area contributed by atoms with Crippen molar-refractivity contribution in [2.24, 2.45) is 0 Å². The van der Waals surface area contributed by atoms with E-state index in [2.05, 4.69) is 0 Å². The number of rotatable bonds is 2. The minimum absolute atomic E-state index is 0.196. The molecular formula is C13H10F3NO. The number of nitrogen functional groups attached to an aromatic ring is 1. The van der Waals surface area contributed by atoms with Crippen LogP contribution in [0.5, 0.6) is 5.75 Å². The number of halogens is 3. The Kier molecular flexibility index (Phi) is 3.14. The second-order valence-corrected chi connectivity index (χ2v) is 3.68. The van der Waals surface area contributed by atoms with Gasteiger partial charge in [-0.15, -0.1) is 0 Å². The van der Waals surface area contributed by atoms with Crippen molar-refractivity contribution in [1.82, 2.24) is 0 Å². The molecule has 0 spiro atoms. The Morgan fingerprint density at radius 2 is 1.78 bits per heavy atom. The van der Waals surface area contributed by atoms with Crippen LogP contribution < -0.4 is 10.5 Å². The fraction of sp³-hybridized carbons (Fsp3) is 0.0769. The molecule has 0 heterocycles. The van der Waals surface area contributed by atoms with Crippen molar-refractivity contribution < 1.29 is 17.9 Å². The van der Waals surface area contributed by atoms with E-state index in [-0.39, 0.29) is 5.56 Å². The zero-order valence-corrected chi connectivity index (χ0v) is 9.51. The van der Waals surface area contributed by atoms with E-state index in [1.165, 1.54) is 19.2 Å². The number of hydrogen-bond donors (Lipinski definition) is 1. The molecule has 0 unspecified atom stereocenters. The van der Waals surface area contributed by atoms with E-state index in [0.29, 0.717) is 11.3 Å². The Bertz CT molecular complexity index is 599. The van der Waals surface area contributed by atoms with Crippen LogP contribution in [-0.4, -0.2) is 7.11 Å². The fourth-order valence-electron chi connectivity index (χ4n) is 1.61. The molecule has 2 rings (SSSR count). The van der Waals surface area contributed by atoms with E-state index in [1.54, 1.807) is 12.1 Å². The summed E-state index contributed by atoms with van der Waals surface area (Å²) in [5.41, 5.74) is 4.36. The standard InChI is InChI=1S/C13H10F3NO/c1-18-8-4-2-3-7(5-8)9-6-10(14)13(17)12(16)11(9)15/h2-6H,17H2,1H3. The zero-order valence-electron chi connectivity index (χ0n) is 9.51. The first kappa shape index (κ1) is 12.3. The molecule has 2 aromatic rings. The molecule has 2 N–H and O–H groups in total. The van der Waals surface area contributed by atoms with Gasteiger partial charge >= 0.3 is 0 Å². The SMILES string of the molecule is COc1cccc(-c2cc(F)c(N)c(F)c2F)c1. The van der Waals surface area contributed by atoms with Gasteiger partial charge in [0, 0.05) is 5.56 Å². The first-order valence-electron chi connectivity index (χ1n) is 5.12. The van der Waals surface area contributed by atoms with Crippen LogP contribution in [0.25, 0.3) is 11.1 Å². The van der Waals surface area contributed by atoms with Crippen LogP contribution >= 0.6 is 0 Å². The van der Waals surface area contributed by atoms with E-state index < -0.39 is 23.1 Å². The van der Waals surface area contributed by atoms with Crippen LogP contribution in [0.4, 0.5) is 18.9 Å². The molecule has 0 bridgehead atoms. The lowest BCUT2D eigenvalue weighted by atomic mass is 10.0. The van der Waals surface area contributed by atoms with Gasteiger partial charge in [0.2, 0.25) is 0 Å². The summed E-state index contributed by atoms with van der Waals surface area (Å²) in [7, 11) is 1.44. The second kappa shape index (κ2) is 4.60. The third-order valence-corrected chi connectivity index (χ3v) is 2.57. The van der Waals surface area contributed by atoms with Crippen molar-refractivity contribution in [3.05, 3.63) is 47.8 Å². The molecule has 0 aliphatic carbocycles. The monoisotopic (exact) mass is 253 g/mol. The third-order valence-electron chi connectivity index (χ3n) is 2.57. The van der Waals surface area contributed by atoms with Crippen molar-refractivity contribution >= 4 is 5.69 Å². The van der Waals surface area contributed by atoms with E-state index >= 15 is 0 Å². The highest BCUT2D eigenvalue weighted by molar-refractivity contribution is 5.68. The number of benzene rings is 2. The molecule has 0 saturated carbocycles. The van der Waals surface area contributed by atoms with Gasteiger partial charge in [0.05, 0.1) is 7.11 Å². The molecule has 0 amide bonds. The van der Waals surface area contributed by atoms with Crippen LogP contribution in [0.1, 0.15) is 0 Å². The Labute approximate surface area is 102 Å². The Morgan fingerprint density at radius 3 is 2.44 bits per heavy atom. The van der Waals surface area contributed by atoms with Crippen LogP contribution in [0, 0.1) is 17.5 Å². The average Bonchev–Trinajstić information content (AvgIpc) is 2.40. The number of methoxy groups -OCH3 is 1. The van der Waals surface area contributed by atoms with Gasteiger partial charge in [0.25, 0.3) is 0 Å². The Morgan fingerprint density at radius 1 is 1.06 bits per heavy atom. The number of anilines is 1. The van der Waals surface area contributed by atoms with Gasteiger partial charge in [-0.05, 0) is 23.8 Å². The van der Waals surface area contributed by atoms with E-state index in [1.807, 2.05) is 0 Å². The van der Waals surface area contributed by atoms with Crippen molar-refractivity contribution in [3.63, 3.8) is 0 Å². The van der Waals surface area contributed by atoms with Crippen molar-refractivity contribution in [1.29, 1.82) is 0 Å². The third kappa shape index (κ3) is 1.99. The van der Waals surface area contributed by atoms with E-state index in [4.69, 9.17) is 10.5 Å². The van der Waals surface area contributed by atoms with Gasteiger partial charge in [-0.1, -0.05) is 12.1 Å². The molecule has 0 aliphatic rings. The van der Waals surface area contributed by atoms with Gasteiger partial charge < -0.3 is 10.5 Å². The molecule has 0 fully saturated rings. The zero-order chi connectivity index (χ0) is 13.3. The van der Waals surface area contributed by atoms with E-state index in [0.717, 1.165) is 6.07 Å². The molecule has 0 radical (unpaired) electrons. The molecule has 2 aromatic carbocycles. The molecule has 18 heavy (non-hydrogen) atoms. The van der Waals surface area contributed by atoms with Gasteiger partial charge in [-0.25, -0.2) is 13.2 Å². The fourth-order valence-corrected chi connectivity index (χ4v) is 1.61. The lowest BCUT2D eigenvalue weighted by Crippen LogP contribution is -2.01. The number of ether oxygens (including phenoxy) is 1. The molecular weight excluding hydrogens is 243 g/mol. The topological polar surface area (TPSA) is 35.2 Å². The average molecular weight is 253 g/mol. The highest BCUT2D eigenvalue weighted by Crippen LogP contribution is 2.31. The van der Waals surface area contributed by atoms with Gasteiger partial charge in [0.1, 0.15) is 17.3 Å². The van der Waals surface area contributed by atoms with Gasteiger partial charge in [0.15, 0.2) is 11.6 Å². The normalized spacial score (nSPS) is 10.4. The summed E-state index contributed by atoms with van der Waals surface area (Å²) in [6.45, 7) is 0. The maximum atomic E-state index is 13.7. The summed E-state index contributed by atoms with van der Waals surface area (Å²) in [5.74, 6) is -3.09. The summed E-state index contributed by atoms with van der Waals surface area (Å²) in [4.78, 5) is 0. The van der Waals surface area contributed by atoms with Gasteiger partial charge in [-0.3, -0.25) is 0 Å². The van der Waals surface area contributed by atoms with Crippen molar-refractivity contribution in [2.45, 2.75) is 0 Å². The number of hydrogen-bond acceptors (Lipinski definition) is 2. The smallest absolute Gasteiger partial charge is 0.185 e. The van der Waals surface area contributed by atoms with Gasteiger partial charge in [-0.2, -0.15) is 0 Å². The molecule has 94 valence electrons. The Hall–Kier alpha value is -2.17. The maximum absolute atomic E-state index is 13.7. The largest absolute Gasteiger partial charge is 0.497 e. The summed E-state index contributed by atoms with van der Waals surface area (Å²) >= 11 is 0. The maximum Gasteiger partial charge on any atom is 0.185 e. The predicted octanol–water partition coefficient (Wildman–Crippen LogP) is 3.36.